The fourth-order valence-electron chi connectivity index (χ4n) is 1.40. The SMILES string of the molecule is CCCCC(O)CC1=CC(=O)NC1=O. The van der Waals surface area contributed by atoms with Crippen molar-refractivity contribution in [3.05, 3.63) is 11.6 Å². The quantitative estimate of drug-likeness (QED) is 0.631. The predicted molar refractivity (Wildman–Crippen MR) is 51.4 cm³/mol. The molecule has 1 unspecified atom stereocenters. The van der Waals surface area contributed by atoms with Crippen LogP contribution in [0.2, 0.25) is 0 Å². The van der Waals surface area contributed by atoms with E-state index in [1.54, 1.807) is 0 Å². The van der Waals surface area contributed by atoms with Gasteiger partial charge in [0, 0.05) is 18.1 Å². The van der Waals surface area contributed by atoms with Gasteiger partial charge in [0.1, 0.15) is 0 Å². The first-order chi connectivity index (χ1) is 6.63. The molecule has 0 aliphatic carbocycles. The molecule has 2 amide bonds. The van der Waals surface area contributed by atoms with Crippen LogP contribution in [0.5, 0.6) is 0 Å². The molecular formula is C10H15NO3. The van der Waals surface area contributed by atoms with E-state index in [0.29, 0.717) is 12.0 Å². The van der Waals surface area contributed by atoms with Crippen molar-refractivity contribution in [2.45, 2.75) is 38.7 Å². The van der Waals surface area contributed by atoms with Crippen molar-refractivity contribution in [2.75, 3.05) is 0 Å². The van der Waals surface area contributed by atoms with Crippen molar-refractivity contribution < 1.29 is 14.7 Å². The summed E-state index contributed by atoms with van der Waals surface area (Å²) < 4.78 is 0. The van der Waals surface area contributed by atoms with Crippen LogP contribution in [-0.4, -0.2) is 23.0 Å². The van der Waals surface area contributed by atoms with Crippen molar-refractivity contribution in [3.63, 3.8) is 0 Å². The number of carbonyl (C=O) groups excluding carboxylic acids is 2. The van der Waals surface area contributed by atoms with E-state index < -0.39 is 6.10 Å². The van der Waals surface area contributed by atoms with Crippen LogP contribution in [0.1, 0.15) is 32.6 Å². The van der Waals surface area contributed by atoms with Gasteiger partial charge in [-0.25, -0.2) is 0 Å². The monoisotopic (exact) mass is 197 g/mol. The normalized spacial score (nSPS) is 18.0. The fourth-order valence-corrected chi connectivity index (χ4v) is 1.40. The lowest BCUT2D eigenvalue weighted by Gasteiger charge is -2.08. The molecule has 4 nitrogen and oxygen atoms in total. The minimum absolute atomic E-state index is 0.275. The molecule has 0 fully saturated rings. The van der Waals surface area contributed by atoms with Gasteiger partial charge in [0.15, 0.2) is 0 Å². The Morgan fingerprint density at radius 3 is 2.71 bits per heavy atom. The summed E-state index contributed by atoms with van der Waals surface area (Å²) in [5.74, 6) is -0.752. The smallest absolute Gasteiger partial charge is 0.254 e. The second-order valence-corrected chi connectivity index (χ2v) is 3.49. The minimum Gasteiger partial charge on any atom is -0.393 e. The van der Waals surface area contributed by atoms with Crippen molar-refractivity contribution in [1.82, 2.24) is 5.32 Å². The first-order valence-corrected chi connectivity index (χ1v) is 4.87. The largest absolute Gasteiger partial charge is 0.393 e. The number of rotatable bonds is 5. The van der Waals surface area contributed by atoms with E-state index in [-0.39, 0.29) is 18.2 Å². The second kappa shape index (κ2) is 4.91. The Morgan fingerprint density at radius 1 is 1.50 bits per heavy atom. The van der Waals surface area contributed by atoms with Gasteiger partial charge < -0.3 is 5.11 Å². The number of aliphatic hydroxyl groups excluding tert-OH is 1. The molecule has 14 heavy (non-hydrogen) atoms. The van der Waals surface area contributed by atoms with Crippen molar-refractivity contribution >= 4 is 11.8 Å². The van der Waals surface area contributed by atoms with Crippen LogP contribution in [0, 0.1) is 0 Å². The molecule has 1 aliphatic rings. The molecular weight excluding hydrogens is 182 g/mol. The van der Waals surface area contributed by atoms with Crippen molar-refractivity contribution in [2.24, 2.45) is 0 Å². The minimum atomic E-state index is -0.516. The number of carbonyl (C=O) groups is 2. The zero-order valence-electron chi connectivity index (χ0n) is 8.25. The molecule has 2 N–H and O–H groups in total. The Kier molecular flexibility index (Phi) is 3.83. The van der Waals surface area contributed by atoms with E-state index in [0.717, 1.165) is 12.8 Å². The molecule has 78 valence electrons. The molecule has 0 aromatic carbocycles. The molecule has 0 bridgehead atoms. The molecule has 0 radical (unpaired) electrons. The van der Waals surface area contributed by atoms with E-state index in [4.69, 9.17) is 0 Å². The standard InChI is InChI=1S/C10H15NO3/c1-2-3-4-8(12)5-7-6-9(13)11-10(7)14/h6,8,12H,2-5H2,1H3,(H,11,13,14). The number of unbranched alkanes of at least 4 members (excludes halogenated alkanes) is 1. The van der Waals surface area contributed by atoms with E-state index in [1.807, 2.05) is 6.92 Å². The number of aliphatic hydroxyl groups is 1. The zero-order valence-corrected chi connectivity index (χ0v) is 8.25. The third kappa shape index (κ3) is 2.96. The lowest BCUT2D eigenvalue weighted by Crippen LogP contribution is -2.23. The Bertz CT molecular complexity index is 271. The summed E-state index contributed by atoms with van der Waals surface area (Å²) in [6.45, 7) is 2.04. The summed E-state index contributed by atoms with van der Waals surface area (Å²) in [5.41, 5.74) is 0.388. The average molecular weight is 197 g/mol. The van der Waals surface area contributed by atoms with Crippen LogP contribution >= 0.6 is 0 Å². The zero-order chi connectivity index (χ0) is 10.6. The highest BCUT2D eigenvalue weighted by Crippen LogP contribution is 2.14. The van der Waals surface area contributed by atoms with Gasteiger partial charge >= 0.3 is 0 Å². The first-order valence-electron chi connectivity index (χ1n) is 4.87. The highest BCUT2D eigenvalue weighted by atomic mass is 16.3. The van der Waals surface area contributed by atoms with Gasteiger partial charge in [-0.05, 0) is 6.42 Å². The molecule has 0 spiro atoms. The van der Waals surface area contributed by atoms with Gasteiger partial charge in [-0.1, -0.05) is 19.8 Å². The third-order valence-electron chi connectivity index (χ3n) is 2.18. The molecule has 0 aromatic rings. The van der Waals surface area contributed by atoms with Gasteiger partial charge in [0.2, 0.25) is 0 Å². The first kappa shape index (κ1) is 10.9. The van der Waals surface area contributed by atoms with Crippen LogP contribution in [0.3, 0.4) is 0 Å². The third-order valence-corrected chi connectivity index (χ3v) is 2.18. The molecule has 0 saturated carbocycles. The summed E-state index contributed by atoms with van der Waals surface area (Å²) in [5, 5.41) is 11.7. The summed E-state index contributed by atoms with van der Waals surface area (Å²) in [7, 11) is 0. The molecule has 1 heterocycles. The molecule has 0 aromatic heterocycles. The second-order valence-electron chi connectivity index (χ2n) is 3.49. The highest BCUT2D eigenvalue weighted by molar-refractivity contribution is 6.16. The van der Waals surface area contributed by atoms with Crippen LogP contribution in [0.15, 0.2) is 11.6 Å². The number of imide groups is 1. The molecule has 4 heteroatoms. The van der Waals surface area contributed by atoms with Crippen LogP contribution in [0.25, 0.3) is 0 Å². The fraction of sp³-hybridized carbons (Fsp3) is 0.600. The lowest BCUT2D eigenvalue weighted by atomic mass is 10.0. The number of amides is 2. The maximum Gasteiger partial charge on any atom is 0.254 e. The molecule has 1 atom stereocenters. The maximum atomic E-state index is 11.1. The Labute approximate surface area is 83.0 Å². The summed E-state index contributed by atoms with van der Waals surface area (Å²) >= 11 is 0. The molecule has 1 aliphatic heterocycles. The van der Waals surface area contributed by atoms with Crippen molar-refractivity contribution in [1.29, 1.82) is 0 Å². The van der Waals surface area contributed by atoms with E-state index in [2.05, 4.69) is 5.32 Å². The van der Waals surface area contributed by atoms with Crippen LogP contribution in [0.4, 0.5) is 0 Å². The Morgan fingerprint density at radius 2 is 2.21 bits per heavy atom. The number of hydrogen-bond donors (Lipinski definition) is 2. The summed E-state index contributed by atoms with van der Waals surface area (Å²) in [4.78, 5) is 21.9. The van der Waals surface area contributed by atoms with E-state index >= 15 is 0 Å². The average Bonchev–Trinajstić information content (AvgIpc) is 2.42. The van der Waals surface area contributed by atoms with Crippen LogP contribution < -0.4 is 5.32 Å². The summed E-state index contributed by atoms with van der Waals surface area (Å²) in [6, 6.07) is 0. The van der Waals surface area contributed by atoms with E-state index in [1.165, 1.54) is 6.08 Å². The van der Waals surface area contributed by atoms with E-state index in [9.17, 15) is 14.7 Å². The number of nitrogens with one attached hydrogen (secondary N) is 1. The van der Waals surface area contributed by atoms with Gasteiger partial charge in [-0.15, -0.1) is 0 Å². The number of hydrogen-bond acceptors (Lipinski definition) is 3. The van der Waals surface area contributed by atoms with Gasteiger partial charge in [-0.2, -0.15) is 0 Å². The Hall–Kier alpha value is -1.16. The van der Waals surface area contributed by atoms with Gasteiger partial charge in [0.25, 0.3) is 11.8 Å². The summed E-state index contributed by atoms with van der Waals surface area (Å²) in [6.07, 6.45) is 3.65. The van der Waals surface area contributed by atoms with Gasteiger partial charge in [-0.3, -0.25) is 14.9 Å². The van der Waals surface area contributed by atoms with Crippen molar-refractivity contribution in [3.8, 4) is 0 Å². The topological polar surface area (TPSA) is 66.4 Å². The molecule has 0 saturated heterocycles. The Balaban J connectivity index is 2.40. The molecule has 1 rings (SSSR count). The van der Waals surface area contributed by atoms with Crippen LogP contribution in [-0.2, 0) is 9.59 Å². The maximum absolute atomic E-state index is 11.1. The lowest BCUT2D eigenvalue weighted by molar-refractivity contribution is -0.124. The predicted octanol–water partition coefficient (Wildman–Crippen LogP) is 0.510. The van der Waals surface area contributed by atoms with Gasteiger partial charge in [0.05, 0.1) is 6.10 Å². The highest BCUT2D eigenvalue weighted by Gasteiger charge is 2.22.